The number of unbranched alkanes of at least 4 members (excludes halogenated alkanes) is 4. The summed E-state index contributed by atoms with van der Waals surface area (Å²) in [4.78, 5) is 4.60. The van der Waals surface area contributed by atoms with Crippen molar-refractivity contribution in [3.05, 3.63) is 29.8 Å². The molecule has 1 heteroatoms. The van der Waals surface area contributed by atoms with Crippen LogP contribution in [0.3, 0.4) is 0 Å². The number of hydrogen-bond donors (Lipinski definition) is 0. The van der Waals surface area contributed by atoms with Crippen molar-refractivity contribution in [1.82, 2.24) is 0 Å². The molecule has 0 bridgehead atoms. The molecule has 0 aliphatic heterocycles. The highest BCUT2D eigenvalue weighted by Crippen LogP contribution is 2.19. The molecule has 1 rings (SSSR count). The molecule has 0 saturated heterocycles. The van der Waals surface area contributed by atoms with Gasteiger partial charge in [-0.1, -0.05) is 57.7 Å². The Bertz CT molecular complexity index is 328. The van der Waals surface area contributed by atoms with E-state index in [0.29, 0.717) is 0 Å². The predicted molar refractivity (Wildman–Crippen MR) is 77.3 cm³/mol. The highest BCUT2D eigenvalue weighted by molar-refractivity contribution is 5.64. The smallest absolute Gasteiger partial charge is 0.0657 e. The maximum atomic E-state index is 4.60. The van der Waals surface area contributed by atoms with Gasteiger partial charge in [0.2, 0.25) is 0 Å². The molecule has 0 fully saturated rings. The van der Waals surface area contributed by atoms with Crippen LogP contribution in [0.25, 0.3) is 0 Å². The fourth-order valence-electron chi connectivity index (χ4n) is 1.94. The van der Waals surface area contributed by atoms with Gasteiger partial charge in [0.15, 0.2) is 0 Å². The van der Waals surface area contributed by atoms with Gasteiger partial charge in [0, 0.05) is 6.21 Å². The first-order chi connectivity index (χ1) is 8.38. The van der Waals surface area contributed by atoms with Crippen LogP contribution in [0.5, 0.6) is 0 Å². The second kappa shape index (κ2) is 8.98. The van der Waals surface area contributed by atoms with E-state index in [2.05, 4.69) is 49.3 Å². The van der Waals surface area contributed by atoms with E-state index in [-0.39, 0.29) is 0 Å². The van der Waals surface area contributed by atoms with Crippen LogP contribution in [-0.2, 0) is 6.42 Å². The Kier molecular flexibility index (Phi) is 7.37. The number of benzene rings is 1. The Hall–Kier alpha value is -1.11. The molecule has 0 radical (unpaired) electrons. The zero-order valence-electron chi connectivity index (χ0n) is 11.3. The lowest BCUT2D eigenvalue weighted by atomic mass is 10.1. The Morgan fingerprint density at radius 3 is 2.59 bits per heavy atom. The quantitative estimate of drug-likeness (QED) is 0.424. The zero-order valence-corrected chi connectivity index (χ0v) is 11.3. The van der Waals surface area contributed by atoms with Crippen LogP contribution >= 0.6 is 0 Å². The summed E-state index contributed by atoms with van der Waals surface area (Å²) >= 11 is 0. The Morgan fingerprint density at radius 1 is 1.00 bits per heavy atom. The van der Waals surface area contributed by atoms with E-state index in [1.54, 1.807) is 0 Å². The van der Waals surface area contributed by atoms with E-state index in [1.807, 2.05) is 0 Å². The first kappa shape index (κ1) is 14.0. The molecule has 0 spiro atoms. The molecule has 0 heterocycles. The maximum absolute atomic E-state index is 4.60. The molecule has 94 valence electrons. The summed E-state index contributed by atoms with van der Waals surface area (Å²) < 4.78 is 0. The lowest BCUT2D eigenvalue weighted by Crippen LogP contribution is -1.84. The predicted octanol–water partition coefficient (Wildman–Crippen LogP) is 5.31. The monoisotopic (exact) mass is 231 g/mol. The summed E-state index contributed by atoms with van der Waals surface area (Å²) in [5.41, 5.74) is 2.53. The fraction of sp³-hybridized carbons (Fsp3) is 0.562. The summed E-state index contributed by atoms with van der Waals surface area (Å²) in [5.74, 6) is 0. The molecule has 0 aromatic heterocycles. The van der Waals surface area contributed by atoms with Crippen molar-refractivity contribution < 1.29 is 0 Å². The summed E-state index contributed by atoms with van der Waals surface area (Å²) in [5, 5.41) is 0. The SMILES string of the molecule is CCCCCCC=Nc1ccccc1CCC. The number of nitrogens with zero attached hydrogens (tertiary/aromatic N) is 1. The molecule has 0 atom stereocenters. The molecule has 17 heavy (non-hydrogen) atoms. The molecular formula is C16H25N. The van der Waals surface area contributed by atoms with Gasteiger partial charge >= 0.3 is 0 Å². The summed E-state index contributed by atoms with van der Waals surface area (Å²) in [6, 6.07) is 8.48. The number of para-hydroxylation sites is 1. The topological polar surface area (TPSA) is 12.4 Å². The van der Waals surface area contributed by atoms with Crippen molar-refractivity contribution in [2.75, 3.05) is 0 Å². The third-order valence-corrected chi connectivity index (χ3v) is 2.93. The van der Waals surface area contributed by atoms with Crippen LogP contribution in [-0.4, -0.2) is 6.21 Å². The summed E-state index contributed by atoms with van der Waals surface area (Å²) in [6.07, 6.45) is 10.8. The van der Waals surface area contributed by atoms with Gasteiger partial charge in [-0.05, 0) is 30.9 Å². The van der Waals surface area contributed by atoms with Gasteiger partial charge in [-0.15, -0.1) is 0 Å². The maximum Gasteiger partial charge on any atom is 0.0657 e. The second-order valence-electron chi connectivity index (χ2n) is 4.54. The number of hydrogen-bond acceptors (Lipinski definition) is 1. The minimum Gasteiger partial charge on any atom is -0.261 e. The van der Waals surface area contributed by atoms with E-state index in [4.69, 9.17) is 0 Å². The van der Waals surface area contributed by atoms with Crippen LogP contribution in [0.2, 0.25) is 0 Å². The lowest BCUT2D eigenvalue weighted by molar-refractivity contribution is 0.685. The van der Waals surface area contributed by atoms with Crippen LogP contribution < -0.4 is 0 Å². The molecule has 0 saturated carbocycles. The molecule has 0 N–H and O–H groups in total. The van der Waals surface area contributed by atoms with Crippen LogP contribution in [0.1, 0.15) is 57.9 Å². The van der Waals surface area contributed by atoms with E-state index < -0.39 is 0 Å². The average Bonchev–Trinajstić information content (AvgIpc) is 2.36. The van der Waals surface area contributed by atoms with Gasteiger partial charge in [-0.25, -0.2) is 0 Å². The number of rotatable bonds is 8. The highest BCUT2D eigenvalue weighted by atomic mass is 14.7. The van der Waals surface area contributed by atoms with E-state index >= 15 is 0 Å². The molecule has 0 amide bonds. The van der Waals surface area contributed by atoms with Crippen molar-refractivity contribution in [2.24, 2.45) is 4.99 Å². The number of aryl methyl sites for hydroxylation is 1. The van der Waals surface area contributed by atoms with Crippen LogP contribution in [0, 0.1) is 0 Å². The largest absolute Gasteiger partial charge is 0.261 e. The van der Waals surface area contributed by atoms with E-state index in [1.165, 1.54) is 37.7 Å². The molecule has 1 aromatic rings. The van der Waals surface area contributed by atoms with Crippen molar-refractivity contribution in [3.63, 3.8) is 0 Å². The molecule has 0 aliphatic rings. The van der Waals surface area contributed by atoms with Gasteiger partial charge in [-0.3, -0.25) is 4.99 Å². The van der Waals surface area contributed by atoms with Crippen molar-refractivity contribution in [2.45, 2.75) is 58.8 Å². The minimum atomic E-state index is 1.11. The van der Waals surface area contributed by atoms with Crippen molar-refractivity contribution in [3.8, 4) is 0 Å². The standard InChI is InChI=1S/C16H25N/c1-3-5-6-7-10-14-17-16-13-9-8-12-15(16)11-4-2/h8-9,12-14H,3-7,10-11H2,1-2H3. The number of aliphatic imine (C=N–C) groups is 1. The van der Waals surface area contributed by atoms with Gasteiger partial charge < -0.3 is 0 Å². The third kappa shape index (κ3) is 5.67. The van der Waals surface area contributed by atoms with Crippen molar-refractivity contribution >= 4 is 11.9 Å². The normalized spacial score (nSPS) is 11.2. The zero-order chi connectivity index (χ0) is 12.3. The van der Waals surface area contributed by atoms with Gasteiger partial charge in [0.25, 0.3) is 0 Å². The lowest BCUT2D eigenvalue weighted by Gasteiger charge is -2.03. The average molecular weight is 231 g/mol. The molecule has 1 nitrogen and oxygen atoms in total. The molecule has 1 aromatic carbocycles. The summed E-state index contributed by atoms with van der Waals surface area (Å²) in [6.45, 7) is 4.46. The third-order valence-electron chi connectivity index (χ3n) is 2.93. The minimum absolute atomic E-state index is 1.11. The first-order valence-corrected chi connectivity index (χ1v) is 6.99. The Balaban J connectivity index is 2.41. The summed E-state index contributed by atoms with van der Waals surface area (Å²) in [7, 11) is 0. The Morgan fingerprint density at radius 2 is 1.82 bits per heavy atom. The highest BCUT2D eigenvalue weighted by Gasteiger charge is 1.97. The van der Waals surface area contributed by atoms with E-state index in [9.17, 15) is 0 Å². The van der Waals surface area contributed by atoms with Crippen molar-refractivity contribution in [1.29, 1.82) is 0 Å². The van der Waals surface area contributed by atoms with Gasteiger partial charge in [0.05, 0.1) is 5.69 Å². The molecular weight excluding hydrogens is 206 g/mol. The molecule has 0 unspecified atom stereocenters. The Labute approximate surface area is 106 Å². The van der Waals surface area contributed by atoms with Crippen LogP contribution in [0.4, 0.5) is 5.69 Å². The van der Waals surface area contributed by atoms with Gasteiger partial charge in [0.1, 0.15) is 0 Å². The fourth-order valence-corrected chi connectivity index (χ4v) is 1.94. The molecule has 0 aliphatic carbocycles. The van der Waals surface area contributed by atoms with Crippen LogP contribution in [0.15, 0.2) is 29.3 Å². The van der Waals surface area contributed by atoms with Gasteiger partial charge in [-0.2, -0.15) is 0 Å². The first-order valence-electron chi connectivity index (χ1n) is 6.99. The van der Waals surface area contributed by atoms with E-state index in [0.717, 1.165) is 18.5 Å². The second-order valence-corrected chi connectivity index (χ2v) is 4.54.